The van der Waals surface area contributed by atoms with Crippen LogP contribution in [-0.4, -0.2) is 21.4 Å². The van der Waals surface area contributed by atoms with E-state index in [0.29, 0.717) is 12.1 Å². The predicted molar refractivity (Wildman–Crippen MR) is 85.5 cm³/mol. The third kappa shape index (κ3) is 3.70. The van der Waals surface area contributed by atoms with Crippen molar-refractivity contribution < 1.29 is 13.2 Å². The molecule has 0 fully saturated rings. The van der Waals surface area contributed by atoms with Gasteiger partial charge in [0.15, 0.2) is 0 Å². The van der Waals surface area contributed by atoms with Crippen LogP contribution in [0.3, 0.4) is 0 Å². The van der Waals surface area contributed by atoms with Crippen LogP contribution in [-0.2, 0) is 16.6 Å². The molecular formula is C13H16N2O3S3. The Morgan fingerprint density at radius 1 is 1.24 bits per heavy atom. The molecule has 0 unspecified atom stereocenters. The number of hydrogen-bond acceptors (Lipinski definition) is 5. The van der Waals surface area contributed by atoms with E-state index in [1.165, 1.54) is 13.1 Å². The van der Waals surface area contributed by atoms with Crippen molar-refractivity contribution in [2.45, 2.75) is 24.6 Å². The molecule has 0 radical (unpaired) electrons. The minimum atomic E-state index is -3.41. The second-order valence-corrected chi connectivity index (χ2v) is 9.18. The molecule has 8 heteroatoms. The fraction of sp³-hybridized carbons (Fsp3) is 0.308. The Labute approximate surface area is 132 Å². The number of sulfonamides is 1. The summed E-state index contributed by atoms with van der Waals surface area (Å²) in [6.07, 6.45) is 0. The standard InChI is InChI=1S/C13H16N2O3S3/c1-8-6-11(9(2)19-8)13(16)15-7-10-4-5-12(20-10)21(17,18)14-3/h4-6,14H,7H2,1-3H3,(H,15,16). The molecule has 2 aromatic heterocycles. The van der Waals surface area contributed by atoms with Crippen LogP contribution in [0.4, 0.5) is 0 Å². The number of carbonyl (C=O) groups excluding carboxylic acids is 1. The molecule has 114 valence electrons. The summed E-state index contributed by atoms with van der Waals surface area (Å²) in [5, 5.41) is 2.82. The van der Waals surface area contributed by atoms with E-state index >= 15 is 0 Å². The molecule has 0 spiro atoms. The summed E-state index contributed by atoms with van der Waals surface area (Å²) in [4.78, 5) is 14.9. The molecule has 0 bridgehead atoms. The minimum Gasteiger partial charge on any atom is -0.347 e. The predicted octanol–water partition coefficient (Wildman–Crippen LogP) is 2.26. The van der Waals surface area contributed by atoms with Crippen molar-refractivity contribution >= 4 is 38.6 Å². The summed E-state index contributed by atoms with van der Waals surface area (Å²) in [5.41, 5.74) is 0.678. The third-order valence-electron chi connectivity index (χ3n) is 2.88. The molecule has 5 nitrogen and oxygen atoms in total. The highest BCUT2D eigenvalue weighted by atomic mass is 32.2. The van der Waals surface area contributed by atoms with Gasteiger partial charge in [-0.15, -0.1) is 22.7 Å². The molecule has 0 aliphatic rings. The van der Waals surface area contributed by atoms with Gasteiger partial charge >= 0.3 is 0 Å². The molecule has 2 aromatic rings. The maximum Gasteiger partial charge on any atom is 0.252 e. The van der Waals surface area contributed by atoms with Gasteiger partial charge in [-0.05, 0) is 39.1 Å². The van der Waals surface area contributed by atoms with Gasteiger partial charge in [0.05, 0.1) is 12.1 Å². The van der Waals surface area contributed by atoms with Crippen molar-refractivity contribution in [3.05, 3.63) is 38.4 Å². The minimum absolute atomic E-state index is 0.136. The van der Waals surface area contributed by atoms with Gasteiger partial charge in [0.25, 0.3) is 5.91 Å². The number of amides is 1. The van der Waals surface area contributed by atoms with E-state index in [4.69, 9.17) is 0 Å². The van der Waals surface area contributed by atoms with E-state index in [0.717, 1.165) is 26.0 Å². The zero-order valence-electron chi connectivity index (χ0n) is 11.9. The van der Waals surface area contributed by atoms with Crippen molar-refractivity contribution in [1.29, 1.82) is 0 Å². The second kappa shape index (κ2) is 6.27. The van der Waals surface area contributed by atoms with Crippen LogP contribution in [0.2, 0.25) is 0 Å². The molecule has 2 rings (SSSR count). The topological polar surface area (TPSA) is 75.3 Å². The number of aryl methyl sites for hydroxylation is 2. The average molecular weight is 344 g/mol. The van der Waals surface area contributed by atoms with E-state index in [2.05, 4.69) is 10.0 Å². The van der Waals surface area contributed by atoms with Crippen molar-refractivity contribution in [3.63, 3.8) is 0 Å². The fourth-order valence-electron chi connectivity index (χ4n) is 1.82. The highest BCUT2D eigenvalue weighted by Gasteiger charge is 2.15. The first-order chi connectivity index (χ1) is 9.83. The Bertz CT molecular complexity index is 759. The summed E-state index contributed by atoms with van der Waals surface area (Å²) in [6, 6.07) is 5.11. The van der Waals surface area contributed by atoms with Gasteiger partial charge in [0, 0.05) is 14.6 Å². The lowest BCUT2D eigenvalue weighted by Crippen LogP contribution is -2.22. The highest BCUT2D eigenvalue weighted by molar-refractivity contribution is 7.91. The first-order valence-electron chi connectivity index (χ1n) is 6.21. The van der Waals surface area contributed by atoms with Gasteiger partial charge in [-0.1, -0.05) is 0 Å². The SMILES string of the molecule is CNS(=O)(=O)c1ccc(CNC(=O)c2cc(C)sc2C)s1. The maximum absolute atomic E-state index is 12.1. The molecule has 0 aliphatic carbocycles. The number of rotatable bonds is 5. The number of hydrogen-bond donors (Lipinski definition) is 2. The van der Waals surface area contributed by atoms with Crippen LogP contribution in [0.1, 0.15) is 25.0 Å². The van der Waals surface area contributed by atoms with Gasteiger partial charge in [-0.25, -0.2) is 13.1 Å². The Hall–Kier alpha value is -1.22. The van der Waals surface area contributed by atoms with E-state index < -0.39 is 10.0 Å². The molecule has 2 N–H and O–H groups in total. The highest BCUT2D eigenvalue weighted by Crippen LogP contribution is 2.22. The van der Waals surface area contributed by atoms with Crippen molar-refractivity contribution in [2.24, 2.45) is 0 Å². The van der Waals surface area contributed by atoms with Crippen LogP contribution >= 0.6 is 22.7 Å². The lowest BCUT2D eigenvalue weighted by molar-refractivity contribution is 0.0951. The van der Waals surface area contributed by atoms with Crippen LogP contribution in [0, 0.1) is 13.8 Å². The third-order valence-corrected chi connectivity index (χ3v) is 6.84. The summed E-state index contributed by atoms with van der Waals surface area (Å²) in [6.45, 7) is 4.19. The number of thiophene rings is 2. The van der Waals surface area contributed by atoms with Gasteiger partial charge in [-0.3, -0.25) is 4.79 Å². The Morgan fingerprint density at radius 2 is 1.95 bits per heavy atom. The number of carbonyl (C=O) groups is 1. The van der Waals surface area contributed by atoms with Crippen LogP contribution < -0.4 is 10.0 Å². The molecule has 0 aliphatic heterocycles. The van der Waals surface area contributed by atoms with Crippen molar-refractivity contribution in [3.8, 4) is 0 Å². The maximum atomic E-state index is 12.1. The van der Waals surface area contributed by atoms with E-state index in [1.54, 1.807) is 17.4 Å². The van der Waals surface area contributed by atoms with Gasteiger partial charge in [0.1, 0.15) is 4.21 Å². The summed E-state index contributed by atoms with van der Waals surface area (Å²) in [5.74, 6) is -0.136. The van der Waals surface area contributed by atoms with Crippen LogP contribution in [0.25, 0.3) is 0 Å². The van der Waals surface area contributed by atoms with E-state index in [1.807, 2.05) is 19.9 Å². The molecule has 0 aromatic carbocycles. The summed E-state index contributed by atoms with van der Waals surface area (Å²) < 4.78 is 25.8. The quantitative estimate of drug-likeness (QED) is 0.874. The average Bonchev–Trinajstić information content (AvgIpc) is 3.03. The van der Waals surface area contributed by atoms with Crippen LogP contribution in [0.15, 0.2) is 22.4 Å². The lowest BCUT2D eigenvalue weighted by atomic mass is 10.2. The molecule has 2 heterocycles. The molecule has 1 amide bonds. The van der Waals surface area contributed by atoms with Crippen LogP contribution in [0.5, 0.6) is 0 Å². The Balaban J connectivity index is 2.04. The lowest BCUT2D eigenvalue weighted by Gasteiger charge is -2.02. The monoisotopic (exact) mass is 344 g/mol. The molecular weight excluding hydrogens is 328 g/mol. The van der Waals surface area contributed by atoms with Crippen molar-refractivity contribution in [2.75, 3.05) is 7.05 Å². The summed E-state index contributed by atoms with van der Waals surface area (Å²) >= 11 is 2.73. The van der Waals surface area contributed by atoms with Gasteiger partial charge in [0.2, 0.25) is 10.0 Å². The molecule has 21 heavy (non-hydrogen) atoms. The zero-order valence-corrected chi connectivity index (χ0v) is 14.3. The molecule has 0 saturated carbocycles. The fourth-order valence-corrected chi connectivity index (χ4v) is 4.87. The van der Waals surface area contributed by atoms with E-state index in [9.17, 15) is 13.2 Å². The summed E-state index contributed by atoms with van der Waals surface area (Å²) in [7, 11) is -2.04. The second-order valence-electron chi connectivity index (χ2n) is 4.44. The first kappa shape index (κ1) is 16.2. The number of nitrogens with one attached hydrogen (secondary N) is 2. The zero-order chi connectivity index (χ0) is 15.6. The largest absolute Gasteiger partial charge is 0.347 e. The van der Waals surface area contributed by atoms with E-state index in [-0.39, 0.29) is 10.1 Å². The smallest absolute Gasteiger partial charge is 0.252 e. The Morgan fingerprint density at radius 3 is 2.52 bits per heavy atom. The molecule has 0 atom stereocenters. The normalized spacial score (nSPS) is 11.6. The van der Waals surface area contributed by atoms with Crippen molar-refractivity contribution in [1.82, 2.24) is 10.0 Å². The van der Waals surface area contributed by atoms with Gasteiger partial charge in [-0.2, -0.15) is 0 Å². The van der Waals surface area contributed by atoms with Gasteiger partial charge < -0.3 is 5.32 Å². The first-order valence-corrected chi connectivity index (χ1v) is 9.32. The Kier molecular flexibility index (Phi) is 4.82. The molecule has 0 saturated heterocycles.